The summed E-state index contributed by atoms with van der Waals surface area (Å²) in [7, 11) is -3.97. The van der Waals surface area contributed by atoms with Gasteiger partial charge in [-0.15, -0.1) is 0 Å². The molecule has 9 heteroatoms. The van der Waals surface area contributed by atoms with Gasteiger partial charge in [0.2, 0.25) is 0 Å². The minimum Gasteiger partial charge on any atom is -0.392 e. The summed E-state index contributed by atoms with van der Waals surface area (Å²) < 4.78 is 27.7. The molecule has 0 fully saturated rings. The van der Waals surface area contributed by atoms with E-state index in [0.29, 0.717) is 4.47 Å². The SMILES string of the molecule is O=S(=O)(Nc1ccc(Br)cn1)c1cc(Cl)cc(CO)c1Cl. The molecule has 1 heterocycles. The van der Waals surface area contributed by atoms with E-state index in [4.69, 9.17) is 23.2 Å². The number of aliphatic hydroxyl groups is 1. The van der Waals surface area contributed by atoms with Crippen LogP contribution in [0.2, 0.25) is 10.0 Å². The molecule has 0 spiro atoms. The maximum Gasteiger partial charge on any atom is 0.264 e. The van der Waals surface area contributed by atoms with Crippen LogP contribution in [0.4, 0.5) is 5.82 Å². The van der Waals surface area contributed by atoms with Crippen molar-refractivity contribution in [1.82, 2.24) is 4.98 Å². The molecular formula is C12H9BrCl2N2O3S. The van der Waals surface area contributed by atoms with Crippen LogP contribution in [0.15, 0.2) is 39.8 Å². The van der Waals surface area contributed by atoms with Gasteiger partial charge in [-0.2, -0.15) is 0 Å². The van der Waals surface area contributed by atoms with Crippen LogP contribution in [0.25, 0.3) is 0 Å². The maximum absolute atomic E-state index is 12.3. The standard InChI is InChI=1S/C12H9BrCl2N2O3S/c13-8-1-2-11(16-5-8)17-21(19,20)10-4-9(14)3-7(6-18)12(10)15/h1-5,18H,6H2,(H,16,17). The normalized spacial score (nSPS) is 11.4. The molecule has 0 saturated carbocycles. The van der Waals surface area contributed by atoms with Crippen molar-refractivity contribution < 1.29 is 13.5 Å². The zero-order chi connectivity index (χ0) is 15.6. The van der Waals surface area contributed by atoms with E-state index >= 15 is 0 Å². The Morgan fingerprint density at radius 2 is 2.00 bits per heavy atom. The lowest BCUT2D eigenvalue weighted by Crippen LogP contribution is -2.15. The molecule has 2 N–H and O–H groups in total. The number of hydrogen-bond donors (Lipinski definition) is 2. The third-order valence-corrected chi connectivity index (χ3v) is 5.13. The van der Waals surface area contributed by atoms with E-state index in [-0.39, 0.29) is 26.3 Å². The number of rotatable bonds is 4. The van der Waals surface area contributed by atoms with E-state index in [9.17, 15) is 13.5 Å². The quantitative estimate of drug-likeness (QED) is 0.807. The topological polar surface area (TPSA) is 79.3 Å². The maximum atomic E-state index is 12.3. The van der Waals surface area contributed by atoms with Crippen molar-refractivity contribution in [2.45, 2.75) is 11.5 Å². The van der Waals surface area contributed by atoms with Crippen LogP contribution in [0.3, 0.4) is 0 Å². The molecule has 1 aromatic carbocycles. The van der Waals surface area contributed by atoms with Crippen LogP contribution >= 0.6 is 39.1 Å². The summed E-state index contributed by atoms with van der Waals surface area (Å²) in [6, 6.07) is 5.75. The van der Waals surface area contributed by atoms with E-state index < -0.39 is 16.6 Å². The number of hydrogen-bond acceptors (Lipinski definition) is 4. The highest BCUT2D eigenvalue weighted by Gasteiger charge is 2.21. The summed E-state index contributed by atoms with van der Waals surface area (Å²) in [5.74, 6) is 0.139. The number of nitrogens with zero attached hydrogens (tertiary/aromatic N) is 1. The van der Waals surface area contributed by atoms with E-state index in [1.54, 1.807) is 6.07 Å². The molecule has 0 saturated heterocycles. The van der Waals surface area contributed by atoms with Gasteiger partial charge in [0, 0.05) is 15.7 Å². The number of sulfonamides is 1. The molecule has 0 aliphatic carbocycles. The number of pyridine rings is 1. The zero-order valence-corrected chi connectivity index (χ0v) is 14.3. The molecule has 5 nitrogen and oxygen atoms in total. The van der Waals surface area contributed by atoms with Gasteiger partial charge in [0.25, 0.3) is 10.0 Å². The first kappa shape index (κ1) is 16.5. The highest BCUT2D eigenvalue weighted by molar-refractivity contribution is 9.10. The fourth-order valence-electron chi connectivity index (χ4n) is 1.56. The van der Waals surface area contributed by atoms with E-state index in [1.807, 2.05) is 0 Å². The van der Waals surface area contributed by atoms with Crippen molar-refractivity contribution in [3.8, 4) is 0 Å². The predicted molar refractivity (Wildman–Crippen MR) is 85.1 cm³/mol. The molecule has 0 amide bonds. The largest absolute Gasteiger partial charge is 0.392 e. The fourth-order valence-corrected chi connectivity index (χ4v) is 3.73. The monoisotopic (exact) mass is 410 g/mol. The van der Waals surface area contributed by atoms with Crippen molar-refractivity contribution >= 4 is 55.0 Å². The number of aliphatic hydroxyl groups excluding tert-OH is 1. The minimum atomic E-state index is -3.97. The smallest absolute Gasteiger partial charge is 0.264 e. The van der Waals surface area contributed by atoms with Crippen LogP contribution in [0, 0.1) is 0 Å². The highest BCUT2D eigenvalue weighted by Crippen LogP contribution is 2.30. The minimum absolute atomic E-state index is 0.0773. The fraction of sp³-hybridized carbons (Fsp3) is 0.0833. The second-order valence-electron chi connectivity index (χ2n) is 4.00. The number of halogens is 3. The Hall–Kier alpha value is -0.860. The molecular weight excluding hydrogens is 403 g/mol. The van der Waals surface area contributed by atoms with Gasteiger partial charge in [0.15, 0.2) is 0 Å². The first-order valence-corrected chi connectivity index (χ1v) is 8.60. The second kappa shape index (κ2) is 6.50. The summed E-state index contributed by atoms with van der Waals surface area (Å²) in [5, 5.41) is 9.26. The first-order chi connectivity index (χ1) is 9.83. The van der Waals surface area contributed by atoms with Crippen molar-refractivity contribution in [3.63, 3.8) is 0 Å². The average Bonchev–Trinajstić information content (AvgIpc) is 2.43. The molecule has 2 rings (SSSR count). The molecule has 0 unspecified atom stereocenters. The number of benzene rings is 1. The van der Waals surface area contributed by atoms with Crippen molar-refractivity contribution in [1.29, 1.82) is 0 Å². The molecule has 112 valence electrons. The number of aromatic nitrogens is 1. The van der Waals surface area contributed by atoms with Gasteiger partial charge in [-0.25, -0.2) is 13.4 Å². The summed E-state index contributed by atoms with van der Waals surface area (Å²) in [4.78, 5) is 3.70. The van der Waals surface area contributed by atoms with E-state index in [1.165, 1.54) is 24.4 Å². The van der Waals surface area contributed by atoms with Gasteiger partial charge in [0.1, 0.15) is 10.7 Å². The molecule has 0 radical (unpaired) electrons. The Kier molecular flexibility index (Phi) is 5.11. The van der Waals surface area contributed by atoms with Crippen LogP contribution < -0.4 is 4.72 Å². The molecule has 21 heavy (non-hydrogen) atoms. The van der Waals surface area contributed by atoms with Gasteiger partial charge in [-0.1, -0.05) is 23.2 Å². The zero-order valence-electron chi connectivity index (χ0n) is 10.3. The third kappa shape index (κ3) is 3.87. The van der Waals surface area contributed by atoms with Gasteiger partial charge in [-0.05, 0) is 45.8 Å². The predicted octanol–water partition coefficient (Wildman–Crippen LogP) is 3.44. The van der Waals surface area contributed by atoms with Gasteiger partial charge >= 0.3 is 0 Å². The first-order valence-electron chi connectivity index (χ1n) is 5.56. The van der Waals surface area contributed by atoms with Gasteiger partial charge in [-0.3, -0.25) is 4.72 Å². The molecule has 0 bridgehead atoms. The van der Waals surface area contributed by atoms with Gasteiger partial charge < -0.3 is 5.11 Å². The summed E-state index contributed by atoms with van der Waals surface area (Å²) in [6.45, 7) is -0.418. The molecule has 0 aliphatic heterocycles. The van der Waals surface area contributed by atoms with E-state index in [0.717, 1.165) is 0 Å². The van der Waals surface area contributed by atoms with Crippen LogP contribution in [0.1, 0.15) is 5.56 Å². The third-order valence-electron chi connectivity index (χ3n) is 2.51. The average molecular weight is 412 g/mol. The lowest BCUT2D eigenvalue weighted by Gasteiger charge is -2.11. The van der Waals surface area contributed by atoms with Crippen LogP contribution in [-0.2, 0) is 16.6 Å². The van der Waals surface area contributed by atoms with Crippen molar-refractivity contribution in [2.24, 2.45) is 0 Å². The summed E-state index contributed by atoms with van der Waals surface area (Å²) in [5.41, 5.74) is 0.230. The highest BCUT2D eigenvalue weighted by atomic mass is 79.9. The van der Waals surface area contributed by atoms with Crippen molar-refractivity contribution in [3.05, 3.63) is 50.5 Å². The van der Waals surface area contributed by atoms with Crippen LogP contribution in [0.5, 0.6) is 0 Å². The Labute approximate surface area is 140 Å². The Morgan fingerprint density at radius 3 is 2.57 bits per heavy atom. The molecule has 1 aromatic heterocycles. The lowest BCUT2D eigenvalue weighted by molar-refractivity contribution is 0.281. The lowest BCUT2D eigenvalue weighted by atomic mass is 10.2. The molecule has 0 aliphatic rings. The molecule has 0 atom stereocenters. The Bertz CT molecular complexity index is 767. The number of nitrogens with one attached hydrogen (secondary N) is 1. The number of anilines is 1. The summed E-state index contributed by atoms with van der Waals surface area (Å²) in [6.07, 6.45) is 1.45. The molecule has 2 aromatic rings. The second-order valence-corrected chi connectivity index (χ2v) is 7.38. The Morgan fingerprint density at radius 1 is 1.29 bits per heavy atom. The van der Waals surface area contributed by atoms with Crippen LogP contribution in [-0.4, -0.2) is 18.5 Å². The van der Waals surface area contributed by atoms with E-state index in [2.05, 4.69) is 25.6 Å². The van der Waals surface area contributed by atoms with Gasteiger partial charge in [0.05, 0.1) is 11.6 Å². The summed E-state index contributed by atoms with van der Waals surface area (Å²) >= 11 is 15.0. The van der Waals surface area contributed by atoms with Crippen molar-refractivity contribution in [2.75, 3.05) is 4.72 Å². The Balaban J connectivity index is 2.44.